The Hall–Kier alpha value is -2.31. The molecular weight excluding hydrogens is 599 g/mol. The zero-order valence-corrected chi connectivity index (χ0v) is 27.0. The fourth-order valence-electron chi connectivity index (χ4n) is 4.85. The van der Waals surface area contributed by atoms with E-state index in [1.54, 1.807) is 17.2 Å². The van der Waals surface area contributed by atoms with Gasteiger partial charge >= 0.3 is 0 Å². The molecule has 42 heavy (non-hydrogen) atoms. The highest BCUT2D eigenvalue weighted by Crippen LogP contribution is 2.26. The Bertz CT molecular complexity index is 1370. The number of imidazole rings is 2. The molecule has 11 nitrogen and oxygen atoms in total. The quantitative estimate of drug-likeness (QED) is 0.168. The molecule has 2 aliphatic carbocycles. The van der Waals surface area contributed by atoms with Crippen LogP contribution in [0.15, 0.2) is 12.7 Å². The summed E-state index contributed by atoms with van der Waals surface area (Å²) in [5.74, 6) is 0.803. The van der Waals surface area contributed by atoms with E-state index in [2.05, 4.69) is 42.1 Å². The Morgan fingerprint density at radius 1 is 0.810 bits per heavy atom. The second-order valence-electron chi connectivity index (χ2n) is 10.6. The Morgan fingerprint density at radius 3 is 1.83 bits per heavy atom. The summed E-state index contributed by atoms with van der Waals surface area (Å²) in [5, 5.41) is 12.3. The van der Waals surface area contributed by atoms with Gasteiger partial charge in [0.15, 0.2) is 22.3 Å². The van der Waals surface area contributed by atoms with Gasteiger partial charge in [-0.25, -0.2) is 15.0 Å². The molecule has 2 saturated carbocycles. The summed E-state index contributed by atoms with van der Waals surface area (Å²) in [6.45, 7) is 2.40. The minimum absolute atomic E-state index is 0.117. The summed E-state index contributed by atoms with van der Waals surface area (Å²) in [4.78, 5) is 24.3. The number of nitrogens with two attached hydrogens (primary N) is 1. The molecule has 0 bridgehead atoms. The predicted octanol–water partition coefficient (Wildman–Crippen LogP) is 6.49. The number of aliphatic hydroxyl groups excluding tert-OH is 1. The Balaban J connectivity index is 0.000000173. The van der Waals surface area contributed by atoms with Crippen LogP contribution in [0.1, 0.15) is 84.0 Å². The van der Waals surface area contributed by atoms with E-state index in [4.69, 9.17) is 45.6 Å². The van der Waals surface area contributed by atoms with Gasteiger partial charge in [-0.15, -0.1) is 0 Å². The van der Waals surface area contributed by atoms with Gasteiger partial charge in [-0.05, 0) is 55.3 Å². The van der Waals surface area contributed by atoms with Gasteiger partial charge < -0.3 is 25.3 Å². The highest BCUT2D eigenvalue weighted by molar-refractivity contribution is 6.35. The third kappa shape index (κ3) is 10.4. The van der Waals surface area contributed by atoms with Crippen LogP contribution in [0.3, 0.4) is 0 Å². The molecule has 14 heteroatoms. The number of halogens is 3. The normalized spacial score (nSPS) is 15.7. The zero-order chi connectivity index (χ0) is 30.5. The van der Waals surface area contributed by atoms with E-state index in [0.29, 0.717) is 40.7 Å². The number of nitrogens with one attached hydrogen (secondary N) is 1. The van der Waals surface area contributed by atoms with E-state index in [9.17, 15) is 0 Å². The average molecular weight is 642 g/mol. The van der Waals surface area contributed by atoms with E-state index >= 15 is 0 Å². The van der Waals surface area contributed by atoms with Crippen molar-refractivity contribution in [3.63, 3.8) is 0 Å². The first-order valence-electron chi connectivity index (χ1n) is 14.7. The number of hydrogen-bond donors (Lipinski definition) is 3. The van der Waals surface area contributed by atoms with Crippen LogP contribution < -0.4 is 11.1 Å². The molecule has 0 amide bonds. The number of aryl methyl sites for hydroxylation is 2. The van der Waals surface area contributed by atoms with Gasteiger partial charge in [-0.3, -0.25) is 0 Å². The third-order valence-corrected chi connectivity index (χ3v) is 7.76. The lowest BCUT2D eigenvalue weighted by atomic mass is 9.95. The van der Waals surface area contributed by atoms with Gasteiger partial charge in [0.1, 0.15) is 11.0 Å². The molecule has 4 heterocycles. The fraction of sp³-hybridized carbons (Fsp3) is 0.643. The first kappa shape index (κ1) is 34.2. The predicted molar refractivity (Wildman–Crippen MR) is 171 cm³/mol. The minimum atomic E-state index is 0.117. The number of hydrogen-bond acceptors (Lipinski definition) is 9. The van der Waals surface area contributed by atoms with E-state index < -0.39 is 0 Å². The van der Waals surface area contributed by atoms with Gasteiger partial charge in [0.2, 0.25) is 10.6 Å². The van der Waals surface area contributed by atoms with Crippen LogP contribution >= 0.6 is 34.8 Å². The molecule has 2 aliphatic rings. The molecule has 0 unspecified atom stereocenters. The molecule has 0 radical (unpaired) electrons. The van der Waals surface area contributed by atoms with Gasteiger partial charge in [-0.1, -0.05) is 63.5 Å². The summed E-state index contributed by atoms with van der Waals surface area (Å²) in [6, 6.07) is 1.02. The molecule has 0 spiro atoms. The molecule has 6 rings (SSSR count). The van der Waals surface area contributed by atoms with Gasteiger partial charge in [0.05, 0.1) is 12.7 Å². The first-order chi connectivity index (χ1) is 20.2. The Kier molecular flexibility index (Phi) is 14.4. The van der Waals surface area contributed by atoms with E-state index in [-0.39, 0.29) is 10.6 Å². The molecule has 0 aromatic carbocycles. The first-order valence-corrected chi connectivity index (χ1v) is 15.8. The largest absolute Gasteiger partial charge is 0.396 e. The Labute approximate surface area is 262 Å². The summed E-state index contributed by atoms with van der Waals surface area (Å²) >= 11 is 17.3. The van der Waals surface area contributed by atoms with Crippen LogP contribution in [0, 0.1) is 0 Å². The molecule has 2 fully saturated rings. The maximum absolute atomic E-state index is 8.07. The topological polar surface area (TPSA) is 145 Å². The second-order valence-corrected chi connectivity index (χ2v) is 11.7. The number of aliphatic hydroxyl groups is 1. The smallest absolute Gasteiger partial charge is 0.226 e. The van der Waals surface area contributed by atoms with Crippen molar-refractivity contribution in [2.45, 2.75) is 96.1 Å². The van der Waals surface area contributed by atoms with Crippen LogP contribution in [0.4, 0.5) is 5.82 Å². The number of unbranched alkanes of at least 4 members (excludes halogenated alkanes) is 1. The molecular formula is C28H43Cl3N10O. The van der Waals surface area contributed by atoms with Gasteiger partial charge in [-0.2, -0.15) is 15.0 Å². The van der Waals surface area contributed by atoms with Crippen LogP contribution in [0.5, 0.6) is 0 Å². The van der Waals surface area contributed by atoms with Crippen LogP contribution in [-0.2, 0) is 14.1 Å². The van der Waals surface area contributed by atoms with E-state index in [0.717, 1.165) is 24.2 Å². The summed E-state index contributed by atoms with van der Waals surface area (Å²) < 4.78 is 3.67. The molecule has 4 aromatic rings. The Morgan fingerprint density at radius 2 is 1.33 bits per heavy atom. The van der Waals surface area contributed by atoms with E-state index in [1.165, 1.54) is 64.2 Å². The molecule has 232 valence electrons. The van der Waals surface area contributed by atoms with Crippen molar-refractivity contribution < 1.29 is 5.11 Å². The number of rotatable bonds is 4. The highest BCUT2D eigenvalue weighted by Gasteiger charge is 2.17. The highest BCUT2D eigenvalue weighted by atomic mass is 35.5. The van der Waals surface area contributed by atoms with Crippen molar-refractivity contribution in [3.05, 3.63) is 28.4 Å². The van der Waals surface area contributed by atoms with Crippen LogP contribution in [0.2, 0.25) is 15.7 Å². The van der Waals surface area contributed by atoms with Crippen molar-refractivity contribution in [1.82, 2.24) is 39.0 Å². The maximum Gasteiger partial charge on any atom is 0.226 e. The zero-order valence-electron chi connectivity index (χ0n) is 24.7. The number of aromatic nitrogens is 8. The summed E-state index contributed by atoms with van der Waals surface area (Å²) in [5.41, 5.74) is 8.42. The van der Waals surface area contributed by atoms with E-state index in [1.807, 2.05) is 18.7 Å². The van der Waals surface area contributed by atoms with Crippen LogP contribution in [0.25, 0.3) is 22.3 Å². The summed E-state index contributed by atoms with van der Waals surface area (Å²) in [7, 11) is 3.76. The maximum atomic E-state index is 8.07. The van der Waals surface area contributed by atoms with Crippen molar-refractivity contribution in [2.24, 2.45) is 19.8 Å². The lowest BCUT2D eigenvalue weighted by Gasteiger charge is -2.23. The molecule has 0 aliphatic heterocycles. The number of fused-ring (bicyclic) bond motifs is 2. The van der Waals surface area contributed by atoms with Gasteiger partial charge in [0, 0.05) is 32.8 Å². The van der Waals surface area contributed by atoms with Crippen molar-refractivity contribution in [3.8, 4) is 0 Å². The lowest BCUT2D eigenvalue weighted by Crippen LogP contribution is -2.23. The van der Waals surface area contributed by atoms with Crippen molar-refractivity contribution in [2.75, 3.05) is 11.9 Å². The number of anilines is 1. The van der Waals surface area contributed by atoms with Crippen molar-refractivity contribution >= 4 is 62.9 Å². The van der Waals surface area contributed by atoms with Crippen LogP contribution in [-0.4, -0.2) is 62.8 Å². The second kappa shape index (κ2) is 17.7. The molecule has 4 N–H and O–H groups in total. The standard InChI is InChI=1S/C12H16ClN5.C6H4Cl2N4.C6H13N.C4H10O/c1-18-7-14-10-9(18)11(17-12(13)16-10)15-8-5-3-2-4-6-8;1-12-2-9-5-3(12)4(7)10-6(8)11-5;7-6-4-2-1-3-5-6;1-2-3-4-5/h7-8H,2-6H2,1H3,(H,15,16,17);2H,1H3;6H,1-5,7H2;5H,2-4H2,1H3. The number of nitrogens with zero attached hydrogens (tertiary/aromatic N) is 8. The minimum Gasteiger partial charge on any atom is -0.396 e. The monoisotopic (exact) mass is 640 g/mol. The van der Waals surface area contributed by atoms with Crippen molar-refractivity contribution in [1.29, 1.82) is 0 Å². The SMILES string of the molecule is CCCCO.Cn1cnc2nc(Cl)nc(Cl)c21.Cn1cnc2nc(Cl)nc(NC3CCCCC3)c21.NC1CCCCC1. The third-order valence-electron chi connectivity index (χ3n) is 7.15. The molecule has 0 saturated heterocycles. The molecule has 0 atom stereocenters. The van der Waals surface area contributed by atoms with Gasteiger partial charge in [0.25, 0.3) is 0 Å². The molecule has 4 aromatic heterocycles. The average Bonchev–Trinajstić information content (AvgIpc) is 3.53. The lowest BCUT2D eigenvalue weighted by molar-refractivity contribution is 0.287. The summed E-state index contributed by atoms with van der Waals surface area (Å²) in [6.07, 6.45) is 18.3. The fourth-order valence-corrected chi connectivity index (χ4v) is 5.52.